The van der Waals surface area contributed by atoms with Crippen molar-refractivity contribution < 1.29 is 14.3 Å². The van der Waals surface area contributed by atoms with E-state index in [1.807, 2.05) is 68.5 Å². The maximum atomic E-state index is 12.9. The van der Waals surface area contributed by atoms with Crippen molar-refractivity contribution in [2.75, 3.05) is 18.5 Å². The number of benzene rings is 3. The SMILES string of the molecule is CCN1C(=O)/C(=C/c2ccc(OCC(=O)Nc3ccc(C)cc3)cc2)SC1=Nc1ccc(Br)c(Cl)c1. The molecule has 4 rings (SSSR count). The van der Waals surface area contributed by atoms with Crippen LogP contribution >= 0.6 is 39.3 Å². The molecule has 6 nitrogen and oxygen atoms in total. The quantitative estimate of drug-likeness (QED) is 0.302. The molecule has 1 N–H and O–H groups in total. The molecule has 1 aliphatic rings. The molecule has 1 heterocycles. The molecular formula is C27H23BrClN3O3S. The second-order valence-corrected chi connectivity index (χ2v) is 10.2. The number of amides is 2. The van der Waals surface area contributed by atoms with Gasteiger partial charge in [-0.05, 0) is 95.6 Å². The highest BCUT2D eigenvalue weighted by atomic mass is 79.9. The number of carbonyl (C=O) groups excluding carboxylic acids is 2. The first-order chi connectivity index (χ1) is 17.3. The summed E-state index contributed by atoms with van der Waals surface area (Å²) in [5.41, 5.74) is 3.36. The summed E-state index contributed by atoms with van der Waals surface area (Å²) in [5.74, 6) is 0.222. The number of aliphatic imine (C=N–C) groups is 1. The lowest BCUT2D eigenvalue weighted by Gasteiger charge is -2.12. The van der Waals surface area contributed by atoms with Gasteiger partial charge in [-0.1, -0.05) is 41.4 Å². The van der Waals surface area contributed by atoms with E-state index >= 15 is 0 Å². The van der Waals surface area contributed by atoms with Crippen LogP contribution in [0.5, 0.6) is 5.75 Å². The highest BCUT2D eigenvalue weighted by molar-refractivity contribution is 9.10. The smallest absolute Gasteiger partial charge is 0.266 e. The molecule has 0 aliphatic carbocycles. The zero-order valence-electron chi connectivity index (χ0n) is 19.6. The van der Waals surface area contributed by atoms with E-state index in [1.165, 1.54) is 11.8 Å². The van der Waals surface area contributed by atoms with Crippen molar-refractivity contribution in [3.8, 4) is 5.75 Å². The van der Waals surface area contributed by atoms with Crippen LogP contribution < -0.4 is 10.1 Å². The first-order valence-electron chi connectivity index (χ1n) is 11.2. The second-order valence-electron chi connectivity index (χ2n) is 7.92. The molecule has 1 fully saturated rings. The van der Waals surface area contributed by atoms with E-state index in [1.54, 1.807) is 23.1 Å². The lowest BCUT2D eigenvalue weighted by Crippen LogP contribution is -2.28. The molecule has 1 saturated heterocycles. The Morgan fingerprint density at radius 3 is 2.53 bits per heavy atom. The fourth-order valence-electron chi connectivity index (χ4n) is 3.33. The summed E-state index contributed by atoms with van der Waals surface area (Å²) in [6.45, 7) is 4.30. The van der Waals surface area contributed by atoms with Crippen LogP contribution in [0.3, 0.4) is 0 Å². The molecule has 36 heavy (non-hydrogen) atoms. The van der Waals surface area contributed by atoms with E-state index < -0.39 is 0 Å². The van der Waals surface area contributed by atoms with Crippen LogP contribution in [0.4, 0.5) is 11.4 Å². The van der Waals surface area contributed by atoms with Crippen molar-refractivity contribution >= 4 is 73.7 Å². The van der Waals surface area contributed by atoms with Gasteiger partial charge in [0.25, 0.3) is 11.8 Å². The standard InChI is InChI=1S/C27H23BrClN3O3S/c1-3-32-26(34)24(36-27(32)31-20-10-13-22(28)23(29)15-20)14-18-6-11-21(12-7-18)35-16-25(33)30-19-8-4-17(2)5-9-19/h4-15H,3,16H2,1-2H3,(H,30,33)/b24-14-,31-27?. The Morgan fingerprint density at radius 1 is 1.14 bits per heavy atom. The van der Waals surface area contributed by atoms with Crippen molar-refractivity contribution in [1.82, 2.24) is 4.90 Å². The van der Waals surface area contributed by atoms with Gasteiger partial charge in [0, 0.05) is 16.7 Å². The average molecular weight is 585 g/mol. The predicted octanol–water partition coefficient (Wildman–Crippen LogP) is 7.05. The Kier molecular flexibility index (Phi) is 8.51. The molecule has 0 bridgehead atoms. The van der Waals surface area contributed by atoms with Crippen LogP contribution in [0.1, 0.15) is 18.1 Å². The van der Waals surface area contributed by atoms with Crippen molar-refractivity contribution in [1.29, 1.82) is 0 Å². The Morgan fingerprint density at radius 2 is 1.86 bits per heavy atom. The third kappa shape index (κ3) is 6.57. The van der Waals surface area contributed by atoms with E-state index in [-0.39, 0.29) is 18.4 Å². The van der Waals surface area contributed by atoms with Crippen molar-refractivity contribution in [2.45, 2.75) is 13.8 Å². The zero-order valence-corrected chi connectivity index (χ0v) is 22.8. The van der Waals surface area contributed by atoms with Gasteiger partial charge >= 0.3 is 0 Å². The van der Waals surface area contributed by atoms with Crippen molar-refractivity contribution in [2.24, 2.45) is 4.99 Å². The number of anilines is 1. The first kappa shape index (κ1) is 26.0. The molecule has 0 atom stereocenters. The van der Waals surface area contributed by atoms with Gasteiger partial charge in [0.1, 0.15) is 5.75 Å². The van der Waals surface area contributed by atoms with Crippen LogP contribution in [0, 0.1) is 6.92 Å². The van der Waals surface area contributed by atoms with Gasteiger partial charge in [-0.25, -0.2) is 4.99 Å². The van der Waals surface area contributed by atoms with Gasteiger partial charge in [-0.3, -0.25) is 14.5 Å². The van der Waals surface area contributed by atoms with Gasteiger partial charge in [-0.2, -0.15) is 0 Å². The second kappa shape index (κ2) is 11.8. The van der Waals surface area contributed by atoms with E-state index in [0.29, 0.717) is 33.1 Å². The molecule has 9 heteroatoms. The Balaban J connectivity index is 1.40. The average Bonchev–Trinajstić information content (AvgIpc) is 3.15. The number of thioether (sulfide) groups is 1. The molecule has 184 valence electrons. The van der Waals surface area contributed by atoms with Gasteiger partial charge < -0.3 is 10.1 Å². The molecule has 2 amide bonds. The number of rotatable bonds is 7. The predicted molar refractivity (Wildman–Crippen MR) is 151 cm³/mol. The minimum absolute atomic E-state index is 0.0995. The molecule has 0 aromatic heterocycles. The van der Waals surface area contributed by atoms with Crippen molar-refractivity contribution in [3.05, 3.63) is 92.3 Å². The molecule has 1 aliphatic heterocycles. The van der Waals surface area contributed by atoms with Crippen molar-refractivity contribution in [3.63, 3.8) is 0 Å². The number of ether oxygens (including phenoxy) is 1. The van der Waals surface area contributed by atoms with E-state index in [0.717, 1.165) is 21.3 Å². The van der Waals surface area contributed by atoms with Gasteiger partial charge in [-0.15, -0.1) is 0 Å². The Hall–Kier alpha value is -3.07. The maximum absolute atomic E-state index is 12.9. The number of nitrogens with zero attached hydrogens (tertiary/aromatic N) is 2. The van der Waals surface area contributed by atoms with Gasteiger partial charge in [0.05, 0.1) is 15.6 Å². The van der Waals surface area contributed by atoms with E-state index in [2.05, 4.69) is 26.2 Å². The highest BCUT2D eigenvalue weighted by Gasteiger charge is 2.32. The fraction of sp³-hybridized carbons (Fsp3) is 0.148. The molecule has 3 aromatic carbocycles. The normalized spacial score (nSPS) is 15.6. The molecular weight excluding hydrogens is 562 g/mol. The largest absolute Gasteiger partial charge is 0.484 e. The number of nitrogens with one attached hydrogen (secondary N) is 1. The number of hydrogen-bond donors (Lipinski definition) is 1. The number of aryl methyl sites for hydroxylation is 1. The summed E-state index contributed by atoms with van der Waals surface area (Å²) in [6.07, 6.45) is 1.82. The summed E-state index contributed by atoms with van der Waals surface area (Å²) >= 11 is 10.9. The topological polar surface area (TPSA) is 71.0 Å². The van der Waals surface area contributed by atoms with Crippen LogP contribution in [0.25, 0.3) is 6.08 Å². The number of likely N-dealkylation sites (N-methyl/N-ethyl adjacent to an activating group) is 1. The minimum atomic E-state index is -0.239. The molecule has 0 spiro atoms. The van der Waals surface area contributed by atoms with E-state index in [9.17, 15) is 9.59 Å². The molecule has 0 radical (unpaired) electrons. The third-order valence-electron chi connectivity index (χ3n) is 5.22. The number of carbonyl (C=O) groups is 2. The summed E-state index contributed by atoms with van der Waals surface area (Å²) < 4.78 is 6.39. The summed E-state index contributed by atoms with van der Waals surface area (Å²) in [6, 6.07) is 20.2. The third-order valence-corrected chi connectivity index (χ3v) is 7.45. The molecule has 0 unspecified atom stereocenters. The van der Waals surface area contributed by atoms with Crippen LogP contribution in [0.2, 0.25) is 5.02 Å². The summed E-state index contributed by atoms with van der Waals surface area (Å²) in [7, 11) is 0. The lowest BCUT2D eigenvalue weighted by atomic mass is 10.2. The minimum Gasteiger partial charge on any atom is -0.484 e. The lowest BCUT2D eigenvalue weighted by molar-refractivity contribution is -0.122. The number of halogens is 2. The number of hydrogen-bond acceptors (Lipinski definition) is 5. The van der Waals surface area contributed by atoms with E-state index in [4.69, 9.17) is 16.3 Å². The summed E-state index contributed by atoms with van der Waals surface area (Å²) in [5, 5.41) is 3.96. The van der Waals surface area contributed by atoms with Crippen LogP contribution in [0.15, 0.2) is 81.1 Å². The van der Waals surface area contributed by atoms with Gasteiger partial charge in [0.2, 0.25) is 0 Å². The van der Waals surface area contributed by atoms with Gasteiger partial charge in [0.15, 0.2) is 11.8 Å². The zero-order chi connectivity index (χ0) is 25.7. The van der Waals surface area contributed by atoms with Crippen LogP contribution in [-0.2, 0) is 9.59 Å². The van der Waals surface area contributed by atoms with Crippen LogP contribution in [-0.4, -0.2) is 35.0 Å². The first-order valence-corrected chi connectivity index (χ1v) is 13.2. The fourth-order valence-corrected chi connectivity index (χ4v) is 4.81. The monoisotopic (exact) mass is 583 g/mol. The Labute approximate surface area is 227 Å². The highest BCUT2D eigenvalue weighted by Crippen LogP contribution is 2.35. The maximum Gasteiger partial charge on any atom is 0.266 e. The number of amidine groups is 1. The molecule has 0 saturated carbocycles. The Bertz CT molecular complexity index is 1340. The molecule has 3 aromatic rings. The summed E-state index contributed by atoms with van der Waals surface area (Å²) in [4.78, 5) is 31.9.